The molecule has 0 aliphatic carbocycles. The van der Waals surface area contributed by atoms with Crippen molar-refractivity contribution in [3.8, 4) is 5.75 Å². The minimum absolute atomic E-state index is 0.170. The van der Waals surface area contributed by atoms with Crippen LogP contribution in [0.5, 0.6) is 5.75 Å². The molecule has 0 spiro atoms. The molecule has 0 heterocycles. The van der Waals surface area contributed by atoms with Crippen LogP contribution < -0.4 is 15.8 Å². The minimum atomic E-state index is -0.170. The zero-order valence-corrected chi connectivity index (χ0v) is 10.9. The maximum atomic E-state index is 11.9. The molecule has 1 aromatic carbocycles. The van der Waals surface area contributed by atoms with Gasteiger partial charge in [-0.25, -0.2) is 0 Å². The van der Waals surface area contributed by atoms with Crippen LogP contribution in [0.2, 0.25) is 0 Å². The van der Waals surface area contributed by atoms with E-state index in [1.807, 2.05) is 0 Å². The molecule has 1 amide bonds. The number of hydrogen-bond donors (Lipinski definition) is 2. The number of unbranched alkanes of at least 4 members (excludes halogenated alkanes) is 1. The van der Waals surface area contributed by atoms with E-state index in [2.05, 4.69) is 5.32 Å². The number of carbonyl (C=O) groups is 1. The topological polar surface area (TPSA) is 73.6 Å². The van der Waals surface area contributed by atoms with Crippen LogP contribution in [-0.4, -0.2) is 33.3 Å². The highest BCUT2D eigenvalue weighted by molar-refractivity contribution is 5.98. The van der Waals surface area contributed by atoms with Gasteiger partial charge in [-0.2, -0.15) is 0 Å². The zero-order chi connectivity index (χ0) is 13.4. The third-order valence-corrected chi connectivity index (χ3v) is 2.56. The van der Waals surface area contributed by atoms with Gasteiger partial charge >= 0.3 is 0 Å². The van der Waals surface area contributed by atoms with Gasteiger partial charge in [0.15, 0.2) is 5.75 Å². The molecule has 3 N–H and O–H groups in total. The summed E-state index contributed by atoms with van der Waals surface area (Å²) in [4.78, 5) is 11.9. The van der Waals surface area contributed by atoms with Crippen molar-refractivity contribution in [2.24, 2.45) is 0 Å². The van der Waals surface area contributed by atoms with Crippen molar-refractivity contribution in [2.75, 3.05) is 33.1 Å². The van der Waals surface area contributed by atoms with Crippen molar-refractivity contribution in [1.82, 2.24) is 5.32 Å². The molecule has 0 saturated carbocycles. The molecular weight excluding hydrogens is 232 g/mol. The van der Waals surface area contributed by atoms with Crippen molar-refractivity contribution < 1.29 is 14.3 Å². The van der Waals surface area contributed by atoms with Gasteiger partial charge < -0.3 is 20.5 Å². The van der Waals surface area contributed by atoms with Gasteiger partial charge in [-0.1, -0.05) is 6.07 Å². The molecular formula is C13H20N2O3. The summed E-state index contributed by atoms with van der Waals surface area (Å²) in [6.07, 6.45) is 1.80. The van der Waals surface area contributed by atoms with E-state index < -0.39 is 0 Å². The van der Waals surface area contributed by atoms with Gasteiger partial charge in [0, 0.05) is 20.3 Å². The zero-order valence-electron chi connectivity index (χ0n) is 10.9. The highest BCUT2D eigenvalue weighted by Crippen LogP contribution is 2.25. The lowest BCUT2D eigenvalue weighted by Gasteiger charge is -2.11. The number of ether oxygens (including phenoxy) is 2. The highest BCUT2D eigenvalue weighted by atomic mass is 16.5. The highest BCUT2D eigenvalue weighted by Gasteiger charge is 2.13. The summed E-state index contributed by atoms with van der Waals surface area (Å²) in [5.74, 6) is 0.253. The molecule has 5 nitrogen and oxygen atoms in total. The molecule has 1 aromatic rings. The molecule has 0 fully saturated rings. The fraction of sp³-hybridized carbons (Fsp3) is 0.462. The van der Waals surface area contributed by atoms with Crippen LogP contribution in [0, 0.1) is 0 Å². The second-order valence-electron chi connectivity index (χ2n) is 3.88. The molecule has 0 aromatic heterocycles. The van der Waals surface area contributed by atoms with E-state index in [-0.39, 0.29) is 5.91 Å². The molecule has 18 heavy (non-hydrogen) atoms. The number of benzene rings is 1. The number of para-hydroxylation sites is 1. The average molecular weight is 252 g/mol. The number of carbonyl (C=O) groups excluding carboxylic acids is 1. The molecule has 0 unspecified atom stereocenters. The van der Waals surface area contributed by atoms with Crippen molar-refractivity contribution in [3.05, 3.63) is 23.8 Å². The van der Waals surface area contributed by atoms with E-state index in [1.54, 1.807) is 25.3 Å². The van der Waals surface area contributed by atoms with Crippen LogP contribution in [0.4, 0.5) is 5.69 Å². The van der Waals surface area contributed by atoms with Gasteiger partial charge in [0.05, 0.1) is 18.4 Å². The third-order valence-electron chi connectivity index (χ3n) is 2.56. The Hall–Kier alpha value is -1.75. The number of nitrogens with two attached hydrogens (primary N) is 1. The van der Waals surface area contributed by atoms with Gasteiger partial charge in [-0.15, -0.1) is 0 Å². The second kappa shape index (κ2) is 7.55. The van der Waals surface area contributed by atoms with Gasteiger partial charge in [-0.05, 0) is 25.0 Å². The summed E-state index contributed by atoms with van der Waals surface area (Å²) in [6, 6.07) is 5.13. The Morgan fingerprint density at radius 1 is 1.33 bits per heavy atom. The van der Waals surface area contributed by atoms with Gasteiger partial charge in [0.25, 0.3) is 5.91 Å². The number of anilines is 1. The second-order valence-corrected chi connectivity index (χ2v) is 3.88. The molecule has 100 valence electrons. The normalized spacial score (nSPS) is 10.1. The SMILES string of the molecule is COCCCCNC(=O)c1cccc(N)c1OC. The number of nitrogens with one attached hydrogen (secondary N) is 1. The maximum Gasteiger partial charge on any atom is 0.255 e. The van der Waals surface area contributed by atoms with E-state index >= 15 is 0 Å². The van der Waals surface area contributed by atoms with Gasteiger partial charge in [0.2, 0.25) is 0 Å². The van der Waals surface area contributed by atoms with Crippen molar-refractivity contribution in [2.45, 2.75) is 12.8 Å². The third kappa shape index (κ3) is 3.92. The van der Waals surface area contributed by atoms with Crippen LogP contribution in [-0.2, 0) is 4.74 Å². The summed E-state index contributed by atoms with van der Waals surface area (Å²) in [7, 11) is 3.16. The van der Waals surface area contributed by atoms with E-state index in [4.69, 9.17) is 15.2 Å². The molecule has 0 saturated heterocycles. The Balaban J connectivity index is 2.54. The Labute approximate surface area is 107 Å². The smallest absolute Gasteiger partial charge is 0.255 e. The van der Waals surface area contributed by atoms with Crippen molar-refractivity contribution in [1.29, 1.82) is 0 Å². The van der Waals surface area contributed by atoms with Gasteiger partial charge in [0.1, 0.15) is 0 Å². The Bertz CT molecular complexity index is 394. The monoisotopic (exact) mass is 252 g/mol. The predicted molar refractivity (Wildman–Crippen MR) is 70.8 cm³/mol. The summed E-state index contributed by atoms with van der Waals surface area (Å²) >= 11 is 0. The molecule has 1 rings (SSSR count). The van der Waals surface area contributed by atoms with Crippen LogP contribution >= 0.6 is 0 Å². The number of rotatable bonds is 7. The Morgan fingerprint density at radius 3 is 2.78 bits per heavy atom. The standard InChI is InChI=1S/C13H20N2O3/c1-17-9-4-3-8-15-13(16)10-6-5-7-11(14)12(10)18-2/h5-7H,3-4,8-9,14H2,1-2H3,(H,15,16). The van der Waals surface area contributed by atoms with Crippen LogP contribution in [0.1, 0.15) is 23.2 Å². The Kier molecular flexibility index (Phi) is 6.00. The fourth-order valence-corrected chi connectivity index (χ4v) is 1.63. The van der Waals surface area contributed by atoms with E-state index in [0.29, 0.717) is 30.2 Å². The lowest BCUT2D eigenvalue weighted by Crippen LogP contribution is -2.25. The van der Waals surface area contributed by atoms with E-state index in [0.717, 1.165) is 12.8 Å². The summed E-state index contributed by atoms with van der Waals surface area (Å²) in [6.45, 7) is 1.32. The number of amides is 1. The molecule has 0 aliphatic rings. The molecule has 0 atom stereocenters. The van der Waals surface area contributed by atoms with Gasteiger partial charge in [-0.3, -0.25) is 4.79 Å². The summed E-state index contributed by atoms with van der Waals surface area (Å²) in [5.41, 5.74) is 6.67. The average Bonchev–Trinajstić information content (AvgIpc) is 2.38. The first kappa shape index (κ1) is 14.3. The minimum Gasteiger partial charge on any atom is -0.494 e. The number of nitrogen functional groups attached to an aromatic ring is 1. The molecule has 0 radical (unpaired) electrons. The molecule has 0 aliphatic heterocycles. The summed E-state index contributed by atoms with van der Waals surface area (Å²) in [5, 5.41) is 2.83. The van der Waals surface area contributed by atoms with Crippen LogP contribution in [0.15, 0.2) is 18.2 Å². The lowest BCUT2D eigenvalue weighted by atomic mass is 10.1. The molecule has 5 heteroatoms. The first-order valence-electron chi connectivity index (χ1n) is 5.90. The first-order valence-corrected chi connectivity index (χ1v) is 5.90. The fourth-order valence-electron chi connectivity index (χ4n) is 1.63. The first-order chi connectivity index (χ1) is 8.70. The number of hydrogen-bond acceptors (Lipinski definition) is 4. The summed E-state index contributed by atoms with van der Waals surface area (Å²) < 4.78 is 10.1. The van der Waals surface area contributed by atoms with Crippen molar-refractivity contribution in [3.63, 3.8) is 0 Å². The molecule has 0 bridgehead atoms. The largest absolute Gasteiger partial charge is 0.494 e. The quantitative estimate of drug-likeness (QED) is 0.569. The van der Waals surface area contributed by atoms with E-state index in [1.165, 1.54) is 7.11 Å². The van der Waals surface area contributed by atoms with Crippen LogP contribution in [0.3, 0.4) is 0 Å². The van der Waals surface area contributed by atoms with Crippen molar-refractivity contribution >= 4 is 11.6 Å². The Morgan fingerprint density at radius 2 is 2.11 bits per heavy atom. The maximum absolute atomic E-state index is 11.9. The van der Waals surface area contributed by atoms with Crippen LogP contribution in [0.25, 0.3) is 0 Å². The lowest BCUT2D eigenvalue weighted by molar-refractivity contribution is 0.0948. The predicted octanol–water partition coefficient (Wildman–Crippen LogP) is 1.43. The number of methoxy groups -OCH3 is 2. The van der Waals surface area contributed by atoms with E-state index in [9.17, 15) is 4.79 Å².